The smallest absolute Gasteiger partial charge is 0.312 e. The summed E-state index contributed by atoms with van der Waals surface area (Å²) in [5.41, 5.74) is 1.95. The quantitative estimate of drug-likeness (QED) is 0.796. The third-order valence-electron chi connectivity index (χ3n) is 2.82. The number of fused-ring (bicyclic) bond motifs is 1. The summed E-state index contributed by atoms with van der Waals surface area (Å²) >= 11 is 0. The van der Waals surface area contributed by atoms with E-state index in [0.29, 0.717) is 13.2 Å². The molecule has 0 radical (unpaired) electrons. The minimum absolute atomic E-state index is 0.439. The predicted octanol–water partition coefficient (Wildman–Crippen LogP) is 1.01. The molecule has 1 atom stereocenters. The van der Waals surface area contributed by atoms with E-state index in [2.05, 4.69) is 5.32 Å². The number of carbonyl (C=O) groups is 1. The predicted molar refractivity (Wildman–Crippen MR) is 59.9 cm³/mol. The molecule has 0 amide bonds. The van der Waals surface area contributed by atoms with Crippen molar-refractivity contribution >= 4 is 5.97 Å². The van der Waals surface area contributed by atoms with Crippen LogP contribution in [0.1, 0.15) is 17.0 Å². The van der Waals surface area contributed by atoms with E-state index in [0.717, 1.165) is 23.3 Å². The zero-order valence-electron chi connectivity index (χ0n) is 9.19. The van der Waals surface area contributed by atoms with E-state index in [1.165, 1.54) is 0 Å². The normalized spacial score (nSPS) is 15.3. The van der Waals surface area contributed by atoms with E-state index in [-0.39, 0.29) is 0 Å². The number of benzene rings is 1. The fraction of sp³-hybridized carbons (Fsp3) is 0.417. The van der Waals surface area contributed by atoms with Crippen molar-refractivity contribution in [3.63, 3.8) is 0 Å². The van der Waals surface area contributed by atoms with Crippen LogP contribution < -0.4 is 10.1 Å². The largest absolute Gasteiger partial charge is 0.493 e. The van der Waals surface area contributed by atoms with Gasteiger partial charge in [-0.2, -0.15) is 0 Å². The first kappa shape index (κ1) is 11.0. The lowest BCUT2D eigenvalue weighted by atomic mass is 9.96. The molecule has 0 aliphatic carbocycles. The van der Waals surface area contributed by atoms with E-state index in [1.54, 1.807) is 7.05 Å². The second-order valence-corrected chi connectivity index (χ2v) is 3.91. The number of carboxylic acids is 1. The van der Waals surface area contributed by atoms with Crippen LogP contribution in [0.4, 0.5) is 0 Å². The molecule has 4 heteroatoms. The number of likely N-dealkylation sites (N-methyl/N-ethyl adjacent to an activating group) is 1. The van der Waals surface area contributed by atoms with E-state index in [4.69, 9.17) is 9.84 Å². The van der Waals surface area contributed by atoms with Gasteiger partial charge in [-0.3, -0.25) is 4.79 Å². The van der Waals surface area contributed by atoms with Gasteiger partial charge < -0.3 is 15.2 Å². The molecule has 2 rings (SSSR count). The van der Waals surface area contributed by atoms with Gasteiger partial charge in [0.15, 0.2) is 0 Å². The third kappa shape index (κ3) is 2.02. The molecule has 0 aromatic heterocycles. The van der Waals surface area contributed by atoms with E-state index in [1.807, 2.05) is 18.2 Å². The van der Waals surface area contributed by atoms with Crippen molar-refractivity contribution < 1.29 is 14.6 Å². The molecular weight excluding hydrogens is 206 g/mol. The average Bonchev–Trinajstić information content (AvgIpc) is 2.72. The van der Waals surface area contributed by atoms with Crippen LogP contribution in [0.5, 0.6) is 5.75 Å². The highest BCUT2D eigenvalue weighted by molar-refractivity contribution is 5.76. The van der Waals surface area contributed by atoms with Gasteiger partial charge in [0, 0.05) is 13.0 Å². The van der Waals surface area contributed by atoms with Crippen LogP contribution in [-0.4, -0.2) is 31.3 Å². The zero-order chi connectivity index (χ0) is 11.5. The Bertz CT molecular complexity index is 403. The fourth-order valence-electron chi connectivity index (χ4n) is 1.98. The van der Waals surface area contributed by atoms with Crippen LogP contribution in [0.15, 0.2) is 18.2 Å². The van der Waals surface area contributed by atoms with Crippen molar-refractivity contribution in [2.24, 2.45) is 0 Å². The molecule has 1 unspecified atom stereocenters. The molecule has 1 aromatic rings. The van der Waals surface area contributed by atoms with Crippen molar-refractivity contribution in [2.45, 2.75) is 12.3 Å². The highest BCUT2D eigenvalue weighted by Crippen LogP contribution is 2.28. The topological polar surface area (TPSA) is 58.6 Å². The maximum Gasteiger partial charge on any atom is 0.312 e. The molecule has 0 saturated carbocycles. The minimum atomic E-state index is -0.798. The zero-order valence-corrected chi connectivity index (χ0v) is 9.19. The molecule has 2 N–H and O–H groups in total. The van der Waals surface area contributed by atoms with Crippen LogP contribution >= 0.6 is 0 Å². The maximum atomic E-state index is 11.1. The van der Waals surface area contributed by atoms with Gasteiger partial charge in [0.05, 0.1) is 12.5 Å². The summed E-state index contributed by atoms with van der Waals surface area (Å²) in [7, 11) is 1.76. The van der Waals surface area contributed by atoms with Crippen LogP contribution in [0, 0.1) is 0 Å². The van der Waals surface area contributed by atoms with Crippen molar-refractivity contribution in [3.05, 3.63) is 29.3 Å². The number of rotatable bonds is 4. The SMILES string of the molecule is CNCC(C(=O)O)c1ccc2c(c1)CCO2. The molecule has 0 saturated heterocycles. The molecule has 0 bridgehead atoms. The summed E-state index contributed by atoms with van der Waals surface area (Å²) in [4.78, 5) is 11.1. The second-order valence-electron chi connectivity index (χ2n) is 3.91. The summed E-state index contributed by atoms with van der Waals surface area (Å²) in [5, 5.41) is 12.0. The van der Waals surface area contributed by atoms with E-state index in [9.17, 15) is 4.79 Å². The van der Waals surface area contributed by atoms with Crippen molar-refractivity contribution in [1.82, 2.24) is 5.32 Å². The molecule has 86 valence electrons. The lowest BCUT2D eigenvalue weighted by molar-refractivity contribution is -0.138. The Hall–Kier alpha value is -1.55. The van der Waals surface area contributed by atoms with Crippen molar-refractivity contribution in [2.75, 3.05) is 20.2 Å². The first-order valence-corrected chi connectivity index (χ1v) is 5.35. The average molecular weight is 221 g/mol. The summed E-state index contributed by atoms with van der Waals surface area (Å²) < 4.78 is 5.39. The highest BCUT2D eigenvalue weighted by Gasteiger charge is 2.21. The molecule has 1 heterocycles. The van der Waals surface area contributed by atoms with Gasteiger partial charge in [-0.25, -0.2) is 0 Å². The maximum absolute atomic E-state index is 11.1. The van der Waals surface area contributed by atoms with Crippen LogP contribution in [0.2, 0.25) is 0 Å². The molecule has 0 fully saturated rings. The summed E-state index contributed by atoms with van der Waals surface area (Å²) in [6.45, 7) is 1.14. The monoisotopic (exact) mass is 221 g/mol. The molecule has 0 spiro atoms. The Morgan fingerprint density at radius 3 is 3.12 bits per heavy atom. The number of ether oxygens (including phenoxy) is 1. The van der Waals surface area contributed by atoms with Crippen molar-refractivity contribution in [1.29, 1.82) is 0 Å². The molecule has 16 heavy (non-hydrogen) atoms. The lowest BCUT2D eigenvalue weighted by Gasteiger charge is -2.13. The van der Waals surface area contributed by atoms with Gasteiger partial charge in [0.1, 0.15) is 5.75 Å². The first-order valence-electron chi connectivity index (χ1n) is 5.35. The Morgan fingerprint density at radius 1 is 1.62 bits per heavy atom. The van der Waals surface area contributed by atoms with Gasteiger partial charge in [-0.15, -0.1) is 0 Å². The van der Waals surface area contributed by atoms with Gasteiger partial charge in [-0.1, -0.05) is 12.1 Å². The number of aliphatic carboxylic acids is 1. The minimum Gasteiger partial charge on any atom is -0.493 e. The second kappa shape index (κ2) is 4.53. The number of nitrogens with one attached hydrogen (secondary N) is 1. The van der Waals surface area contributed by atoms with E-state index < -0.39 is 11.9 Å². The Morgan fingerprint density at radius 2 is 2.44 bits per heavy atom. The van der Waals surface area contributed by atoms with Crippen LogP contribution in [0.3, 0.4) is 0 Å². The van der Waals surface area contributed by atoms with Crippen molar-refractivity contribution in [3.8, 4) is 5.75 Å². The van der Waals surface area contributed by atoms with Gasteiger partial charge in [0.2, 0.25) is 0 Å². The van der Waals surface area contributed by atoms with Gasteiger partial charge in [-0.05, 0) is 24.2 Å². The first-order chi connectivity index (χ1) is 7.72. The molecule has 4 nitrogen and oxygen atoms in total. The highest BCUT2D eigenvalue weighted by atomic mass is 16.5. The summed E-state index contributed by atoms with van der Waals surface area (Å²) in [6, 6.07) is 5.64. The standard InChI is InChI=1S/C12H15NO3/c1-13-7-10(12(14)15)8-2-3-11-9(6-8)4-5-16-11/h2-3,6,10,13H,4-5,7H2,1H3,(H,14,15). The van der Waals surface area contributed by atoms with Gasteiger partial charge >= 0.3 is 5.97 Å². The molecule has 1 aromatic carbocycles. The number of carboxylic acid groups (broad SMARTS) is 1. The van der Waals surface area contributed by atoms with Crippen LogP contribution in [-0.2, 0) is 11.2 Å². The number of hydrogen-bond donors (Lipinski definition) is 2. The summed E-state index contributed by atoms with van der Waals surface area (Å²) in [6.07, 6.45) is 0.870. The number of hydrogen-bond acceptors (Lipinski definition) is 3. The Kier molecular flexibility index (Phi) is 3.10. The molecule has 1 aliphatic rings. The summed E-state index contributed by atoms with van der Waals surface area (Å²) in [5.74, 6) is -0.401. The van der Waals surface area contributed by atoms with E-state index >= 15 is 0 Å². The van der Waals surface area contributed by atoms with Gasteiger partial charge in [0.25, 0.3) is 0 Å². The molecule has 1 aliphatic heterocycles. The third-order valence-corrected chi connectivity index (χ3v) is 2.82. The lowest BCUT2D eigenvalue weighted by Crippen LogP contribution is -2.24. The molecular formula is C12H15NO3. The van der Waals surface area contributed by atoms with Crippen LogP contribution in [0.25, 0.3) is 0 Å². The Balaban J connectivity index is 2.28. The fourth-order valence-corrected chi connectivity index (χ4v) is 1.98. The Labute approximate surface area is 94.2 Å².